The summed E-state index contributed by atoms with van der Waals surface area (Å²) in [7, 11) is 0. The van der Waals surface area contributed by atoms with Gasteiger partial charge in [0.05, 0.1) is 6.20 Å². The summed E-state index contributed by atoms with van der Waals surface area (Å²) in [5.41, 5.74) is 0. The third kappa shape index (κ3) is 3.71. The lowest BCUT2D eigenvalue weighted by atomic mass is 10.4. The van der Waals surface area contributed by atoms with Crippen LogP contribution in [0.1, 0.15) is 12.8 Å². The molecule has 1 aliphatic rings. The minimum absolute atomic E-state index is 0.124. The standard InChI is InChI=1S/C10H12Cl2N4O/c11-7-5-15-10(12)16-8(7)13-3-4-14-9(17)6-1-2-6/h5-6H,1-4H2,(H,14,17)(H,13,15,16). The van der Waals surface area contributed by atoms with E-state index in [9.17, 15) is 4.79 Å². The highest BCUT2D eigenvalue weighted by molar-refractivity contribution is 6.33. The third-order valence-corrected chi connectivity index (χ3v) is 2.84. The van der Waals surface area contributed by atoms with Gasteiger partial charge in [0.15, 0.2) is 0 Å². The number of anilines is 1. The van der Waals surface area contributed by atoms with Crippen molar-refractivity contribution in [3.63, 3.8) is 0 Å². The molecule has 2 N–H and O–H groups in total. The van der Waals surface area contributed by atoms with Gasteiger partial charge in [0.25, 0.3) is 0 Å². The fraction of sp³-hybridized carbons (Fsp3) is 0.500. The van der Waals surface area contributed by atoms with E-state index < -0.39 is 0 Å². The van der Waals surface area contributed by atoms with E-state index in [0.717, 1.165) is 12.8 Å². The Bertz CT molecular complexity index is 423. The van der Waals surface area contributed by atoms with E-state index in [0.29, 0.717) is 23.9 Å². The van der Waals surface area contributed by atoms with Crippen LogP contribution in [0.15, 0.2) is 6.20 Å². The van der Waals surface area contributed by atoms with Gasteiger partial charge in [-0.25, -0.2) is 4.98 Å². The Labute approximate surface area is 109 Å². The largest absolute Gasteiger partial charge is 0.367 e. The molecule has 1 saturated carbocycles. The molecule has 1 heterocycles. The molecule has 7 heteroatoms. The molecule has 1 fully saturated rings. The normalized spacial score (nSPS) is 14.5. The second-order valence-electron chi connectivity index (χ2n) is 3.83. The minimum Gasteiger partial charge on any atom is -0.367 e. The van der Waals surface area contributed by atoms with E-state index in [4.69, 9.17) is 23.2 Å². The summed E-state index contributed by atoms with van der Waals surface area (Å²) in [6.45, 7) is 1.08. The zero-order valence-electron chi connectivity index (χ0n) is 9.04. The number of carbonyl (C=O) groups is 1. The average molecular weight is 275 g/mol. The molecule has 1 aromatic rings. The number of hydrogen-bond donors (Lipinski definition) is 2. The van der Waals surface area contributed by atoms with E-state index in [1.807, 2.05) is 0 Å². The van der Waals surface area contributed by atoms with Crippen molar-refractivity contribution >= 4 is 34.9 Å². The van der Waals surface area contributed by atoms with Gasteiger partial charge in [-0.1, -0.05) is 11.6 Å². The fourth-order valence-corrected chi connectivity index (χ4v) is 1.62. The zero-order chi connectivity index (χ0) is 12.3. The third-order valence-electron chi connectivity index (χ3n) is 2.38. The monoisotopic (exact) mass is 274 g/mol. The highest BCUT2D eigenvalue weighted by Gasteiger charge is 2.28. The van der Waals surface area contributed by atoms with Gasteiger partial charge in [-0.15, -0.1) is 0 Å². The molecule has 92 valence electrons. The van der Waals surface area contributed by atoms with Crippen molar-refractivity contribution in [3.05, 3.63) is 16.5 Å². The van der Waals surface area contributed by atoms with E-state index in [2.05, 4.69) is 20.6 Å². The number of amides is 1. The molecule has 5 nitrogen and oxygen atoms in total. The molecular weight excluding hydrogens is 263 g/mol. The number of hydrogen-bond acceptors (Lipinski definition) is 4. The first-order valence-corrected chi connectivity index (χ1v) is 6.12. The van der Waals surface area contributed by atoms with Gasteiger partial charge in [0.2, 0.25) is 11.2 Å². The van der Waals surface area contributed by atoms with E-state index in [1.54, 1.807) is 0 Å². The molecule has 0 saturated heterocycles. The predicted molar refractivity (Wildman–Crippen MR) is 66.3 cm³/mol. The summed E-state index contributed by atoms with van der Waals surface area (Å²) in [4.78, 5) is 19.0. The van der Waals surface area contributed by atoms with Gasteiger partial charge in [-0.3, -0.25) is 4.79 Å². The van der Waals surface area contributed by atoms with Crippen LogP contribution >= 0.6 is 23.2 Å². The fourth-order valence-electron chi connectivity index (χ4n) is 1.33. The number of rotatable bonds is 5. The Morgan fingerprint density at radius 1 is 1.41 bits per heavy atom. The molecule has 0 unspecified atom stereocenters. The van der Waals surface area contributed by atoms with Crippen molar-refractivity contribution in [1.82, 2.24) is 15.3 Å². The zero-order valence-corrected chi connectivity index (χ0v) is 10.6. The molecule has 0 bridgehead atoms. The summed E-state index contributed by atoms with van der Waals surface area (Å²) >= 11 is 11.5. The Kier molecular flexibility index (Phi) is 4.02. The molecule has 0 radical (unpaired) electrons. The number of nitrogens with zero attached hydrogens (tertiary/aromatic N) is 2. The van der Waals surface area contributed by atoms with Gasteiger partial charge in [-0.2, -0.15) is 4.98 Å². The van der Waals surface area contributed by atoms with Gasteiger partial charge in [0, 0.05) is 19.0 Å². The molecule has 0 atom stereocenters. The molecule has 0 spiro atoms. The maximum Gasteiger partial charge on any atom is 0.224 e. The first-order chi connectivity index (χ1) is 8.16. The van der Waals surface area contributed by atoms with Crippen molar-refractivity contribution in [3.8, 4) is 0 Å². The van der Waals surface area contributed by atoms with Crippen LogP contribution in [-0.2, 0) is 4.79 Å². The first-order valence-electron chi connectivity index (χ1n) is 5.36. The van der Waals surface area contributed by atoms with Crippen LogP contribution in [-0.4, -0.2) is 29.0 Å². The van der Waals surface area contributed by atoms with Gasteiger partial charge in [-0.05, 0) is 24.4 Å². The Hall–Kier alpha value is -1.07. The Morgan fingerprint density at radius 3 is 2.88 bits per heavy atom. The summed E-state index contributed by atoms with van der Waals surface area (Å²) in [5, 5.41) is 6.36. The molecular formula is C10H12Cl2N4O. The van der Waals surface area contributed by atoms with E-state index in [-0.39, 0.29) is 17.1 Å². The van der Waals surface area contributed by atoms with Crippen LogP contribution in [0, 0.1) is 5.92 Å². The van der Waals surface area contributed by atoms with Crippen LogP contribution in [0.25, 0.3) is 0 Å². The van der Waals surface area contributed by atoms with E-state index in [1.165, 1.54) is 6.20 Å². The van der Waals surface area contributed by atoms with Crippen LogP contribution in [0.3, 0.4) is 0 Å². The van der Waals surface area contributed by atoms with Crippen molar-refractivity contribution in [1.29, 1.82) is 0 Å². The summed E-state index contributed by atoms with van der Waals surface area (Å²) in [6, 6.07) is 0. The maximum atomic E-state index is 11.3. The average Bonchev–Trinajstić information content (AvgIpc) is 3.12. The van der Waals surface area contributed by atoms with Crippen LogP contribution in [0.2, 0.25) is 10.3 Å². The number of halogens is 2. The molecule has 0 aromatic carbocycles. The van der Waals surface area contributed by atoms with Gasteiger partial charge in [0.1, 0.15) is 10.8 Å². The molecule has 17 heavy (non-hydrogen) atoms. The van der Waals surface area contributed by atoms with Crippen LogP contribution < -0.4 is 10.6 Å². The minimum atomic E-state index is 0.124. The van der Waals surface area contributed by atoms with E-state index >= 15 is 0 Å². The molecule has 1 aliphatic carbocycles. The van der Waals surface area contributed by atoms with Gasteiger partial charge < -0.3 is 10.6 Å². The molecule has 1 aromatic heterocycles. The number of aromatic nitrogens is 2. The van der Waals surface area contributed by atoms with Crippen molar-refractivity contribution in [2.45, 2.75) is 12.8 Å². The summed E-state index contributed by atoms with van der Waals surface area (Å²) < 4.78 is 0. The Balaban J connectivity index is 1.73. The number of nitrogens with one attached hydrogen (secondary N) is 2. The van der Waals surface area contributed by atoms with Crippen molar-refractivity contribution in [2.75, 3.05) is 18.4 Å². The second kappa shape index (κ2) is 5.51. The number of carbonyl (C=O) groups excluding carboxylic acids is 1. The highest BCUT2D eigenvalue weighted by atomic mass is 35.5. The maximum absolute atomic E-state index is 11.3. The summed E-state index contributed by atoms with van der Waals surface area (Å²) in [6.07, 6.45) is 3.45. The van der Waals surface area contributed by atoms with Gasteiger partial charge >= 0.3 is 0 Å². The quantitative estimate of drug-likeness (QED) is 0.634. The molecule has 2 rings (SSSR count). The molecule has 0 aliphatic heterocycles. The second-order valence-corrected chi connectivity index (χ2v) is 4.57. The highest BCUT2D eigenvalue weighted by Crippen LogP contribution is 2.28. The Morgan fingerprint density at radius 2 is 2.18 bits per heavy atom. The topological polar surface area (TPSA) is 66.9 Å². The lowest BCUT2D eigenvalue weighted by Crippen LogP contribution is -2.30. The predicted octanol–water partition coefficient (Wildman–Crippen LogP) is 1.72. The van der Waals surface area contributed by atoms with Crippen molar-refractivity contribution < 1.29 is 4.79 Å². The smallest absolute Gasteiger partial charge is 0.224 e. The SMILES string of the molecule is O=C(NCCNc1nc(Cl)ncc1Cl)C1CC1. The van der Waals surface area contributed by atoms with Crippen LogP contribution in [0.4, 0.5) is 5.82 Å². The first kappa shape index (κ1) is 12.4. The lowest BCUT2D eigenvalue weighted by molar-refractivity contribution is -0.122. The molecule has 1 amide bonds. The lowest BCUT2D eigenvalue weighted by Gasteiger charge is -2.08. The van der Waals surface area contributed by atoms with Crippen molar-refractivity contribution in [2.24, 2.45) is 5.92 Å². The summed E-state index contributed by atoms with van der Waals surface area (Å²) in [5.74, 6) is 0.832. The van der Waals surface area contributed by atoms with Crippen LogP contribution in [0.5, 0.6) is 0 Å².